The minimum atomic E-state index is -4.32. The Morgan fingerprint density at radius 1 is 1.23 bits per heavy atom. The lowest BCUT2D eigenvalue weighted by molar-refractivity contribution is -0.152. The number of hydrogen-bond acceptors (Lipinski definition) is 3. The molecule has 0 spiro atoms. The first kappa shape index (κ1) is 16.7. The zero-order valence-corrected chi connectivity index (χ0v) is 13.0. The number of aromatic amines is 1. The van der Waals surface area contributed by atoms with Crippen LogP contribution in [-0.2, 0) is 0 Å². The van der Waals surface area contributed by atoms with Gasteiger partial charge in [-0.15, -0.1) is 0 Å². The number of nitrogens with one attached hydrogen (secondary N) is 1. The first-order chi connectivity index (χ1) is 10.1. The van der Waals surface area contributed by atoms with Crippen molar-refractivity contribution < 1.29 is 17.9 Å². The number of pyridine rings is 1. The Morgan fingerprint density at radius 3 is 2.50 bits per heavy atom. The third kappa shape index (κ3) is 4.18. The molecule has 0 radical (unpaired) electrons. The van der Waals surface area contributed by atoms with E-state index in [-0.39, 0.29) is 30.1 Å². The zero-order chi connectivity index (χ0) is 16.5. The van der Waals surface area contributed by atoms with Crippen molar-refractivity contribution in [3.63, 3.8) is 0 Å². The summed E-state index contributed by atoms with van der Waals surface area (Å²) >= 11 is 0. The molecular weight excluding hydrogens is 297 g/mol. The predicted octanol–water partition coefficient (Wildman–Crippen LogP) is 3.47. The van der Waals surface area contributed by atoms with Crippen LogP contribution in [0.4, 0.5) is 19.0 Å². The molecular formula is C15H21F3N2O2. The second-order valence-electron chi connectivity index (χ2n) is 6.53. The smallest absolute Gasteiger partial charge is 0.408 e. The van der Waals surface area contributed by atoms with E-state index in [1.807, 2.05) is 0 Å². The van der Waals surface area contributed by atoms with Gasteiger partial charge in [-0.05, 0) is 40.0 Å². The maximum Gasteiger partial charge on any atom is 0.408 e. The van der Waals surface area contributed by atoms with Crippen molar-refractivity contribution in [2.75, 3.05) is 11.4 Å². The van der Waals surface area contributed by atoms with Crippen molar-refractivity contribution in [3.8, 4) is 5.88 Å². The van der Waals surface area contributed by atoms with Crippen LogP contribution in [0, 0.1) is 0 Å². The molecule has 0 amide bonds. The molecule has 124 valence electrons. The summed E-state index contributed by atoms with van der Waals surface area (Å²) in [5.41, 5.74) is -0.924. The lowest BCUT2D eigenvalue weighted by Gasteiger charge is -2.38. The molecule has 4 nitrogen and oxygen atoms in total. The van der Waals surface area contributed by atoms with E-state index in [1.165, 1.54) is 17.0 Å². The molecule has 0 unspecified atom stereocenters. The average Bonchev–Trinajstić information content (AvgIpc) is 2.35. The van der Waals surface area contributed by atoms with Gasteiger partial charge >= 0.3 is 6.18 Å². The Labute approximate surface area is 127 Å². The molecule has 7 heteroatoms. The largest absolute Gasteiger partial charge is 0.473 e. The number of piperidine rings is 1. The van der Waals surface area contributed by atoms with Crippen LogP contribution >= 0.6 is 0 Å². The molecule has 1 aliphatic heterocycles. The molecule has 0 aliphatic carbocycles. The van der Waals surface area contributed by atoms with Crippen molar-refractivity contribution in [1.29, 1.82) is 0 Å². The molecule has 22 heavy (non-hydrogen) atoms. The van der Waals surface area contributed by atoms with Crippen LogP contribution in [-0.4, -0.2) is 29.3 Å². The van der Waals surface area contributed by atoms with Gasteiger partial charge in [-0.3, -0.25) is 4.79 Å². The summed E-state index contributed by atoms with van der Waals surface area (Å²) in [6.45, 7) is 5.67. The Bertz CT molecular complexity index is 575. The van der Waals surface area contributed by atoms with Gasteiger partial charge in [-0.25, -0.2) is 0 Å². The predicted molar refractivity (Wildman–Crippen MR) is 78.5 cm³/mol. The minimum absolute atomic E-state index is 0.0376. The summed E-state index contributed by atoms with van der Waals surface area (Å²) < 4.78 is 45.1. The Balaban J connectivity index is 2.36. The van der Waals surface area contributed by atoms with Crippen LogP contribution in [0.1, 0.15) is 40.0 Å². The Hall–Kier alpha value is -1.66. The Morgan fingerprint density at radius 2 is 1.91 bits per heavy atom. The second kappa shape index (κ2) is 5.85. The van der Waals surface area contributed by atoms with Crippen LogP contribution in [0.15, 0.2) is 16.9 Å². The number of hydrogen-bond donors (Lipinski definition) is 1. The molecule has 1 saturated heterocycles. The minimum Gasteiger partial charge on any atom is -0.473 e. The number of halogens is 3. The highest BCUT2D eigenvalue weighted by molar-refractivity contribution is 5.43. The van der Waals surface area contributed by atoms with E-state index in [0.717, 1.165) is 0 Å². The van der Waals surface area contributed by atoms with Gasteiger partial charge in [0.1, 0.15) is 17.5 Å². The van der Waals surface area contributed by atoms with Gasteiger partial charge in [0.25, 0.3) is 0 Å². The highest BCUT2D eigenvalue weighted by Crippen LogP contribution is 2.34. The monoisotopic (exact) mass is 318 g/mol. The van der Waals surface area contributed by atoms with Gasteiger partial charge in [0.15, 0.2) is 11.3 Å². The number of H-pyrrole nitrogens is 1. The van der Waals surface area contributed by atoms with E-state index in [1.54, 1.807) is 20.8 Å². The second-order valence-corrected chi connectivity index (χ2v) is 6.53. The van der Waals surface area contributed by atoms with E-state index in [0.29, 0.717) is 12.8 Å². The van der Waals surface area contributed by atoms with Gasteiger partial charge in [-0.2, -0.15) is 13.2 Å². The summed E-state index contributed by atoms with van der Waals surface area (Å²) in [5.74, 6) is 0.343. The Kier molecular flexibility index (Phi) is 4.44. The van der Waals surface area contributed by atoms with Crippen molar-refractivity contribution in [2.45, 2.75) is 57.9 Å². The number of ether oxygens (including phenoxy) is 1. The molecule has 0 saturated carbocycles. The number of alkyl halides is 3. The molecule has 2 rings (SSSR count). The van der Waals surface area contributed by atoms with E-state index in [2.05, 4.69) is 4.98 Å². The summed E-state index contributed by atoms with van der Waals surface area (Å²) in [4.78, 5) is 15.8. The van der Waals surface area contributed by atoms with Crippen LogP contribution in [0.5, 0.6) is 5.88 Å². The molecule has 0 aromatic carbocycles. The molecule has 1 atom stereocenters. The summed E-state index contributed by atoms with van der Waals surface area (Å²) in [7, 11) is 0. The first-order valence-corrected chi connectivity index (χ1v) is 7.33. The zero-order valence-electron chi connectivity index (χ0n) is 13.0. The molecule has 0 bridgehead atoms. The standard InChI is InChI=1S/C15H21F3N2O2/c1-14(2,3)22-13-9-10(21)8-12(19-13)20-7-5-4-6-11(20)15(16,17)18/h8-9,11H,4-7H2,1-3H3,(H,19,21)/t11-/m1/s1. The van der Waals surface area contributed by atoms with Gasteiger partial charge in [0.05, 0.1) is 0 Å². The lowest BCUT2D eigenvalue weighted by Crippen LogP contribution is -2.49. The SMILES string of the molecule is CC(C)(C)Oc1cc(=O)cc(N2CCCC[C@@H]2C(F)(F)F)[nH]1. The summed E-state index contributed by atoms with van der Waals surface area (Å²) in [6, 6.07) is 0.878. The third-order valence-corrected chi connectivity index (χ3v) is 3.41. The molecule has 1 aromatic rings. The molecule has 1 aromatic heterocycles. The maximum absolute atomic E-state index is 13.2. The van der Waals surface area contributed by atoms with E-state index in [9.17, 15) is 18.0 Å². The van der Waals surface area contributed by atoms with E-state index in [4.69, 9.17) is 4.74 Å². The van der Waals surface area contributed by atoms with Crippen LogP contribution in [0.3, 0.4) is 0 Å². The normalized spacial score (nSPS) is 20.1. The molecule has 1 aliphatic rings. The van der Waals surface area contributed by atoms with Crippen molar-refractivity contribution >= 4 is 5.82 Å². The summed E-state index contributed by atoms with van der Waals surface area (Å²) in [6.07, 6.45) is -3.09. The number of rotatable bonds is 2. The number of nitrogens with zero attached hydrogens (tertiary/aromatic N) is 1. The highest BCUT2D eigenvalue weighted by Gasteiger charge is 2.45. The summed E-state index contributed by atoms with van der Waals surface area (Å²) in [5, 5.41) is 0. The van der Waals surface area contributed by atoms with Crippen LogP contribution in [0.25, 0.3) is 0 Å². The van der Waals surface area contributed by atoms with Gasteiger partial charge < -0.3 is 14.6 Å². The topological polar surface area (TPSA) is 45.3 Å². The van der Waals surface area contributed by atoms with E-state index < -0.39 is 17.8 Å². The molecule has 2 heterocycles. The lowest BCUT2D eigenvalue weighted by atomic mass is 10.0. The maximum atomic E-state index is 13.2. The molecule has 1 N–H and O–H groups in total. The van der Waals surface area contributed by atoms with Crippen LogP contribution in [0.2, 0.25) is 0 Å². The van der Waals surface area contributed by atoms with Crippen molar-refractivity contribution in [3.05, 3.63) is 22.4 Å². The number of aromatic nitrogens is 1. The fourth-order valence-corrected chi connectivity index (χ4v) is 2.60. The highest BCUT2D eigenvalue weighted by atomic mass is 19.4. The van der Waals surface area contributed by atoms with Crippen LogP contribution < -0.4 is 15.1 Å². The number of anilines is 1. The van der Waals surface area contributed by atoms with Gasteiger partial charge in [-0.1, -0.05) is 0 Å². The van der Waals surface area contributed by atoms with Crippen molar-refractivity contribution in [2.24, 2.45) is 0 Å². The van der Waals surface area contributed by atoms with Gasteiger partial charge in [0.2, 0.25) is 0 Å². The first-order valence-electron chi connectivity index (χ1n) is 7.33. The quantitative estimate of drug-likeness (QED) is 0.908. The third-order valence-electron chi connectivity index (χ3n) is 3.41. The van der Waals surface area contributed by atoms with E-state index >= 15 is 0 Å². The fourth-order valence-electron chi connectivity index (χ4n) is 2.60. The molecule has 1 fully saturated rings. The van der Waals surface area contributed by atoms with Gasteiger partial charge in [0, 0.05) is 18.7 Å². The fraction of sp³-hybridized carbons (Fsp3) is 0.667. The average molecular weight is 318 g/mol. The van der Waals surface area contributed by atoms with Crippen molar-refractivity contribution in [1.82, 2.24) is 4.98 Å².